The summed E-state index contributed by atoms with van der Waals surface area (Å²) in [6.45, 7) is 5.84. The van der Waals surface area contributed by atoms with Crippen molar-refractivity contribution in [3.05, 3.63) is 59.7 Å². The molecule has 0 radical (unpaired) electrons. The maximum atomic E-state index is 11.2. The molecule has 3 heteroatoms. The van der Waals surface area contributed by atoms with Crippen molar-refractivity contribution in [2.24, 2.45) is 0 Å². The standard InChI is InChI=1S/C17H20O3/c1-13-9-10-16(20-14(2)18)17(3,11-13)19-12-15-7-5-4-6-8-15/h4-11,16H,12H2,1-3H3. The summed E-state index contributed by atoms with van der Waals surface area (Å²) in [6, 6.07) is 9.96. The molecule has 0 saturated heterocycles. The highest BCUT2D eigenvalue weighted by Gasteiger charge is 2.36. The first-order chi connectivity index (χ1) is 9.49. The fourth-order valence-electron chi connectivity index (χ4n) is 2.28. The van der Waals surface area contributed by atoms with Crippen LogP contribution in [0.5, 0.6) is 0 Å². The van der Waals surface area contributed by atoms with Crippen molar-refractivity contribution in [3.8, 4) is 0 Å². The monoisotopic (exact) mass is 272 g/mol. The first kappa shape index (κ1) is 14.5. The zero-order valence-corrected chi connectivity index (χ0v) is 12.1. The molecule has 0 aliphatic heterocycles. The molecule has 0 heterocycles. The lowest BCUT2D eigenvalue weighted by Gasteiger charge is -2.35. The van der Waals surface area contributed by atoms with Gasteiger partial charge in [-0.3, -0.25) is 4.79 Å². The molecule has 3 nitrogen and oxygen atoms in total. The molecule has 0 spiro atoms. The summed E-state index contributed by atoms with van der Waals surface area (Å²) in [6.07, 6.45) is 5.43. The Morgan fingerprint density at radius 3 is 2.65 bits per heavy atom. The Morgan fingerprint density at radius 2 is 2.00 bits per heavy atom. The number of rotatable bonds is 4. The largest absolute Gasteiger partial charge is 0.455 e. The Labute approximate surface area is 119 Å². The number of allylic oxidation sites excluding steroid dienone is 2. The smallest absolute Gasteiger partial charge is 0.303 e. The van der Waals surface area contributed by atoms with E-state index < -0.39 is 11.7 Å². The van der Waals surface area contributed by atoms with Crippen LogP contribution in [0.1, 0.15) is 26.3 Å². The van der Waals surface area contributed by atoms with Gasteiger partial charge in [0.15, 0.2) is 6.10 Å². The van der Waals surface area contributed by atoms with Crippen molar-refractivity contribution >= 4 is 5.97 Å². The number of carbonyl (C=O) groups is 1. The zero-order valence-electron chi connectivity index (χ0n) is 12.1. The molecule has 0 amide bonds. The molecule has 1 aliphatic carbocycles. The predicted octanol–water partition coefficient (Wildman–Crippen LogP) is 3.41. The lowest BCUT2D eigenvalue weighted by Crippen LogP contribution is -2.43. The molecule has 0 N–H and O–H groups in total. The second-order valence-electron chi connectivity index (χ2n) is 5.24. The van der Waals surface area contributed by atoms with Gasteiger partial charge < -0.3 is 9.47 Å². The van der Waals surface area contributed by atoms with Crippen molar-refractivity contribution in [2.45, 2.75) is 39.1 Å². The van der Waals surface area contributed by atoms with Crippen LogP contribution < -0.4 is 0 Å². The summed E-state index contributed by atoms with van der Waals surface area (Å²) in [4.78, 5) is 11.2. The summed E-state index contributed by atoms with van der Waals surface area (Å²) in [5, 5.41) is 0. The minimum absolute atomic E-state index is 0.304. The van der Waals surface area contributed by atoms with Crippen LogP contribution in [0, 0.1) is 0 Å². The van der Waals surface area contributed by atoms with Gasteiger partial charge in [0.25, 0.3) is 0 Å². The van der Waals surface area contributed by atoms with Crippen molar-refractivity contribution < 1.29 is 14.3 Å². The number of hydrogen-bond donors (Lipinski definition) is 0. The van der Waals surface area contributed by atoms with Crippen LogP contribution in [0.3, 0.4) is 0 Å². The Bertz CT molecular complexity index is 530. The molecule has 0 fully saturated rings. The molecule has 0 saturated carbocycles. The zero-order chi connectivity index (χ0) is 14.6. The number of benzene rings is 1. The van der Waals surface area contributed by atoms with Crippen LogP contribution in [0.4, 0.5) is 0 Å². The van der Waals surface area contributed by atoms with Gasteiger partial charge >= 0.3 is 5.97 Å². The van der Waals surface area contributed by atoms with Gasteiger partial charge in [-0.05, 0) is 31.6 Å². The molecule has 106 valence electrons. The summed E-state index contributed by atoms with van der Waals surface area (Å²) < 4.78 is 11.4. The molecular formula is C17H20O3. The SMILES string of the molecule is CC(=O)OC1C=CC(C)=CC1(C)OCc1ccccc1. The van der Waals surface area contributed by atoms with Crippen LogP contribution in [0.25, 0.3) is 0 Å². The molecule has 0 aromatic heterocycles. The van der Waals surface area contributed by atoms with E-state index in [9.17, 15) is 4.79 Å². The highest BCUT2D eigenvalue weighted by molar-refractivity contribution is 5.66. The van der Waals surface area contributed by atoms with Crippen LogP contribution in [-0.4, -0.2) is 17.7 Å². The molecule has 1 aromatic rings. The van der Waals surface area contributed by atoms with E-state index in [1.54, 1.807) is 0 Å². The van der Waals surface area contributed by atoms with Gasteiger partial charge in [-0.2, -0.15) is 0 Å². The Morgan fingerprint density at radius 1 is 1.30 bits per heavy atom. The molecule has 2 unspecified atom stereocenters. The Hall–Kier alpha value is -1.87. The molecule has 2 atom stereocenters. The molecule has 1 aliphatic rings. The van der Waals surface area contributed by atoms with Crippen molar-refractivity contribution in [2.75, 3.05) is 0 Å². The van der Waals surface area contributed by atoms with E-state index in [-0.39, 0.29) is 5.97 Å². The fraction of sp³-hybridized carbons (Fsp3) is 0.353. The van der Waals surface area contributed by atoms with Crippen molar-refractivity contribution in [1.82, 2.24) is 0 Å². The van der Waals surface area contributed by atoms with E-state index in [0.29, 0.717) is 6.61 Å². The quantitative estimate of drug-likeness (QED) is 0.788. The van der Waals surface area contributed by atoms with Crippen LogP contribution in [0.15, 0.2) is 54.1 Å². The molecule has 0 bridgehead atoms. The van der Waals surface area contributed by atoms with Crippen LogP contribution in [-0.2, 0) is 20.9 Å². The topological polar surface area (TPSA) is 35.5 Å². The minimum Gasteiger partial charge on any atom is -0.455 e. The number of ether oxygens (including phenoxy) is 2. The van der Waals surface area contributed by atoms with E-state index in [0.717, 1.165) is 11.1 Å². The second kappa shape index (κ2) is 6.06. The summed E-state index contributed by atoms with van der Waals surface area (Å²) in [5.74, 6) is -0.304. The molecular weight excluding hydrogens is 252 g/mol. The molecule has 1 aromatic carbocycles. The first-order valence-electron chi connectivity index (χ1n) is 6.72. The van der Waals surface area contributed by atoms with Crippen molar-refractivity contribution in [1.29, 1.82) is 0 Å². The van der Waals surface area contributed by atoms with E-state index >= 15 is 0 Å². The summed E-state index contributed by atoms with van der Waals surface area (Å²) >= 11 is 0. The van der Waals surface area contributed by atoms with Gasteiger partial charge in [0.05, 0.1) is 6.61 Å². The lowest BCUT2D eigenvalue weighted by atomic mass is 9.90. The second-order valence-corrected chi connectivity index (χ2v) is 5.24. The number of esters is 1. The van der Waals surface area contributed by atoms with Gasteiger partial charge in [0.2, 0.25) is 0 Å². The van der Waals surface area contributed by atoms with Crippen LogP contribution in [0.2, 0.25) is 0 Å². The maximum absolute atomic E-state index is 11.2. The minimum atomic E-state index is -0.639. The predicted molar refractivity (Wildman–Crippen MR) is 78.1 cm³/mol. The third-order valence-corrected chi connectivity index (χ3v) is 3.30. The molecule has 2 rings (SSSR count). The van der Waals surface area contributed by atoms with E-state index in [2.05, 4.69) is 0 Å². The Balaban J connectivity index is 2.11. The summed E-state index contributed by atoms with van der Waals surface area (Å²) in [5.41, 5.74) is 1.56. The maximum Gasteiger partial charge on any atom is 0.303 e. The average molecular weight is 272 g/mol. The highest BCUT2D eigenvalue weighted by atomic mass is 16.6. The van der Waals surface area contributed by atoms with Crippen molar-refractivity contribution in [3.63, 3.8) is 0 Å². The average Bonchev–Trinajstić information content (AvgIpc) is 2.41. The normalized spacial score (nSPS) is 25.1. The van der Waals surface area contributed by atoms with E-state index in [1.165, 1.54) is 6.92 Å². The Kier molecular flexibility index (Phi) is 4.40. The van der Waals surface area contributed by atoms with Gasteiger partial charge in [0.1, 0.15) is 5.60 Å². The van der Waals surface area contributed by atoms with Gasteiger partial charge in [-0.1, -0.05) is 42.0 Å². The number of hydrogen-bond acceptors (Lipinski definition) is 3. The lowest BCUT2D eigenvalue weighted by molar-refractivity contribution is -0.157. The highest BCUT2D eigenvalue weighted by Crippen LogP contribution is 2.29. The third-order valence-electron chi connectivity index (χ3n) is 3.30. The van der Waals surface area contributed by atoms with E-state index in [1.807, 2.05) is 62.4 Å². The van der Waals surface area contributed by atoms with Gasteiger partial charge in [-0.25, -0.2) is 0 Å². The number of carbonyl (C=O) groups excluding carboxylic acids is 1. The third kappa shape index (κ3) is 3.58. The van der Waals surface area contributed by atoms with Crippen LogP contribution >= 0.6 is 0 Å². The van der Waals surface area contributed by atoms with Gasteiger partial charge in [-0.15, -0.1) is 0 Å². The molecule has 20 heavy (non-hydrogen) atoms. The van der Waals surface area contributed by atoms with Gasteiger partial charge in [0, 0.05) is 6.92 Å². The summed E-state index contributed by atoms with van der Waals surface area (Å²) in [7, 11) is 0. The first-order valence-corrected chi connectivity index (χ1v) is 6.72. The van der Waals surface area contributed by atoms with E-state index in [4.69, 9.17) is 9.47 Å². The fourth-order valence-corrected chi connectivity index (χ4v) is 2.28.